The van der Waals surface area contributed by atoms with Crippen molar-refractivity contribution in [3.63, 3.8) is 0 Å². The Balaban J connectivity index is 2.27. The van der Waals surface area contributed by atoms with Crippen LogP contribution < -0.4 is 0 Å². The van der Waals surface area contributed by atoms with Gasteiger partial charge >= 0.3 is 0 Å². The van der Waals surface area contributed by atoms with Crippen LogP contribution in [0.5, 0.6) is 0 Å². The molecule has 2 rings (SSSR count). The maximum atomic E-state index is 10.9. The van der Waals surface area contributed by atoms with Crippen molar-refractivity contribution >= 4 is 34.2 Å². The van der Waals surface area contributed by atoms with Gasteiger partial charge in [-0.25, -0.2) is 0 Å². The van der Waals surface area contributed by atoms with Crippen LogP contribution in [0.4, 0.5) is 0 Å². The molecule has 1 nitrogen and oxygen atoms in total. The van der Waals surface area contributed by atoms with Crippen molar-refractivity contribution in [1.29, 1.82) is 0 Å². The van der Waals surface area contributed by atoms with Gasteiger partial charge in [-0.3, -0.25) is 0 Å². The zero-order valence-electron chi connectivity index (χ0n) is 10.5. The van der Waals surface area contributed by atoms with Crippen molar-refractivity contribution in [3.05, 3.63) is 69.3 Å². The monoisotopic (exact) mass is 386 g/mol. The lowest BCUT2D eigenvalue weighted by Crippen LogP contribution is -2.29. The number of alkyl halides is 1. The van der Waals surface area contributed by atoms with E-state index in [2.05, 4.69) is 46.9 Å². The second-order valence-electron chi connectivity index (χ2n) is 4.64. The maximum Gasteiger partial charge on any atom is 0.0948 e. The first kappa shape index (κ1) is 14.8. The molecule has 0 aliphatic carbocycles. The highest BCUT2D eigenvalue weighted by molar-refractivity contribution is 14.1. The first-order valence-corrected chi connectivity index (χ1v) is 7.84. The molecule has 100 valence electrons. The van der Waals surface area contributed by atoms with Crippen molar-refractivity contribution in [1.82, 2.24) is 0 Å². The summed E-state index contributed by atoms with van der Waals surface area (Å²) in [7, 11) is 0. The molecule has 0 aliphatic rings. The zero-order chi connectivity index (χ0) is 13.7. The minimum absolute atomic E-state index is 0.440. The van der Waals surface area contributed by atoms with E-state index in [1.165, 1.54) is 3.57 Å². The Kier molecular flexibility index (Phi) is 5.25. The summed E-state index contributed by atoms with van der Waals surface area (Å²) in [5, 5.41) is 10.9. The summed E-state index contributed by atoms with van der Waals surface area (Å²) in [6.07, 6.45) is 1.13. The number of halogens is 2. The minimum Gasteiger partial charge on any atom is -0.385 e. The van der Waals surface area contributed by atoms with Crippen molar-refractivity contribution in [2.75, 3.05) is 5.88 Å². The van der Waals surface area contributed by atoms with Crippen LogP contribution in [-0.2, 0) is 12.0 Å². The number of hydrogen-bond acceptors (Lipinski definition) is 1. The van der Waals surface area contributed by atoms with E-state index in [0.717, 1.165) is 11.1 Å². The maximum absolute atomic E-state index is 10.9. The number of aliphatic hydroxyl groups is 1. The average molecular weight is 387 g/mol. The fourth-order valence-corrected chi connectivity index (χ4v) is 2.85. The van der Waals surface area contributed by atoms with Gasteiger partial charge < -0.3 is 5.11 Å². The molecule has 0 aliphatic heterocycles. The molecule has 0 aromatic heterocycles. The van der Waals surface area contributed by atoms with Gasteiger partial charge in [0.15, 0.2) is 0 Å². The Morgan fingerprint density at radius 3 is 2.21 bits per heavy atom. The van der Waals surface area contributed by atoms with Crippen molar-refractivity contribution in [2.45, 2.75) is 18.4 Å². The first-order valence-electron chi connectivity index (χ1n) is 6.22. The molecule has 0 fully saturated rings. The van der Waals surface area contributed by atoms with Gasteiger partial charge in [-0.15, -0.1) is 11.6 Å². The van der Waals surface area contributed by atoms with Gasteiger partial charge in [-0.2, -0.15) is 0 Å². The lowest BCUT2D eigenvalue weighted by molar-refractivity contribution is 0.0336. The molecule has 0 saturated carbocycles. The first-order chi connectivity index (χ1) is 9.14. The van der Waals surface area contributed by atoms with Crippen LogP contribution >= 0.6 is 34.2 Å². The molecule has 0 radical (unpaired) electrons. The van der Waals surface area contributed by atoms with E-state index in [9.17, 15) is 5.11 Å². The highest BCUT2D eigenvalue weighted by Gasteiger charge is 2.28. The Hall–Kier alpha value is -0.580. The molecule has 3 heteroatoms. The average Bonchev–Trinajstić information content (AvgIpc) is 2.43. The van der Waals surface area contributed by atoms with E-state index in [1.54, 1.807) is 0 Å². The fourth-order valence-electron chi connectivity index (χ4n) is 2.18. The van der Waals surface area contributed by atoms with Gasteiger partial charge in [0.25, 0.3) is 0 Å². The van der Waals surface area contributed by atoms with Crippen LogP contribution in [0.2, 0.25) is 0 Å². The van der Waals surface area contributed by atoms with E-state index in [0.29, 0.717) is 18.7 Å². The van der Waals surface area contributed by atoms with E-state index in [-0.39, 0.29) is 0 Å². The normalized spacial score (nSPS) is 14.1. The summed E-state index contributed by atoms with van der Waals surface area (Å²) in [5.74, 6) is 0.440. The Bertz CT molecular complexity index is 512. The van der Waals surface area contributed by atoms with Crippen LogP contribution in [0.1, 0.15) is 17.5 Å². The lowest BCUT2D eigenvalue weighted by atomic mass is 9.85. The third-order valence-electron chi connectivity index (χ3n) is 3.23. The van der Waals surface area contributed by atoms with E-state index < -0.39 is 5.60 Å². The van der Waals surface area contributed by atoms with Gasteiger partial charge in [0.05, 0.1) is 5.60 Å². The van der Waals surface area contributed by atoms with Crippen LogP contribution in [0.25, 0.3) is 0 Å². The van der Waals surface area contributed by atoms with Crippen LogP contribution in [0, 0.1) is 3.57 Å². The zero-order valence-corrected chi connectivity index (χ0v) is 13.4. The molecule has 19 heavy (non-hydrogen) atoms. The summed E-state index contributed by atoms with van der Waals surface area (Å²) in [4.78, 5) is 0. The van der Waals surface area contributed by atoms with Gasteiger partial charge in [-0.05, 0) is 52.3 Å². The fraction of sp³-hybridized carbons (Fsp3) is 0.250. The molecular formula is C16H16ClIO. The summed E-state index contributed by atoms with van der Waals surface area (Å²) in [6.45, 7) is 0. The van der Waals surface area contributed by atoms with Gasteiger partial charge in [0, 0.05) is 15.9 Å². The van der Waals surface area contributed by atoms with Crippen molar-refractivity contribution < 1.29 is 5.11 Å². The second-order valence-corrected chi connectivity index (χ2v) is 6.26. The Morgan fingerprint density at radius 2 is 1.63 bits per heavy atom. The van der Waals surface area contributed by atoms with Gasteiger partial charge in [0.1, 0.15) is 0 Å². The Labute approximate surface area is 132 Å². The molecule has 0 bridgehead atoms. The molecule has 2 aromatic carbocycles. The lowest BCUT2D eigenvalue weighted by Gasteiger charge is -2.28. The molecule has 0 amide bonds. The van der Waals surface area contributed by atoms with E-state index >= 15 is 0 Å². The quantitative estimate of drug-likeness (QED) is 0.598. The molecule has 2 aromatic rings. The minimum atomic E-state index is -0.893. The highest BCUT2D eigenvalue weighted by Crippen LogP contribution is 2.30. The summed E-state index contributed by atoms with van der Waals surface area (Å²) < 4.78 is 1.20. The van der Waals surface area contributed by atoms with E-state index in [4.69, 9.17) is 11.6 Å². The topological polar surface area (TPSA) is 20.2 Å². The number of hydrogen-bond donors (Lipinski definition) is 1. The summed E-state index contributed by atoms with van der Waals surface area (Å²) in [5.41, 5.74) is 1.15. The van der Waals surface area contributed by atoms with Crippen LogP contribution in [-0.4, -0.2) is 11.0 Å². The largest absolute Gasteiger partial charge is 0.385 e. The van der Waals surface area contributed by atoms with Crippen molar-refractivity contribution in [2.24, 2.45) is 0 Å². The van der Waals surface area contributed by atoms with Crippen LogP contribution in [0.3, 0.4) is 0 Å². The Morgan fingerprint density at radius 1 is 1.00 bits per heavy atom. The van der Waals surface area contributed by atoms with Gasteiger partial charge in [0.2, 0.25) is 0 Å². The molecule has 0 spiro atoms. The molecule has 1 unspecified atom stereocenters. The molecule has 1 atom stereocenters. The number of rotatable bonds is 5. The predicted molar refractivity (Wildman–Crippen MR) is 88.5 cm³/mol. The predicted octanol–water partition coefficient (Wildman–Crippen LogP) is 4.35. The summed E-state index contributed by atoms with van der Waals surface area (Å²) >= 11 is 8.14. The second kappa shape index (κ2) is 6.73. The standard InChI is InChI=1S/C16H16ClIO/c17-11-10-16(19,14-4-2-1-3-5-14)12-13-6-8-15(18)9-7-13/h1-9,19H,10-12H2. The van der Waals surface area contributed by atoms with Crippen LogP contribution in [0.15, 0.2) is 54.6 Å². The molecular weight excluding hydrogens is 371 g/mol. The number of benzene rings is 2. The third-order valence-corrected chi connectivity index (χ3v) is 4.14. The van der Waals surface area contributed by atoms with E-state index in [1.807, 2.05) is 30.3 Å². The molecule has 0 saturated heterocycles. The highest BCUT2D eigenvalue weighted by atomic mass is 127. The molecule has 1 N–H and O–H groups in total. The SMILES string of the molecule is OC(CCCl)(Cc1ccc(I)cc1)c1ccccc1. The van der Waals surface area contributed by atoms with Crippen molar-refractivity contribution in [3.8, 4) is 0 Å². The smallest absolute Gasteiger partial charge is 0.0948 e. The third kappa shape index (κ3) is 3.94. The summed E-state index contributed by atoms with van der Waals surface area (Å²) in [6, 6.07) is 18.0. The van der Waals surface area contributed by atoms with Gasteiger partial charge in [-0.1, -0.05) is 42.5 Å². The molecule has 0 heterocycles.